The molecule has 0 aliphatic heterocycles. The topological polar surface area (TPSA) is 74.8 Å². The van der Waals surface area contributed by atoms with E-state index in [1.807, 2.05) is 6.92 Å². The molecular weight excluding hydrogens is 218 g/mol. The van der Waals surface area contributed by atoms with Gasteiger partial charge < -0.3 is 5.32 Å². The molecule has 0 aliphatic carbocycles. The van der Waals surface area contributed by atoms with Gasteiger partial charge in [-0.25, -0.2) is 5.10 Å². The average Bonchev–Trinajstić information content (AvgIpc) is 2.31. The average molecular weight is 237 g/mol. The van der Waals surface area contributed by atoms with Crippen molar-refractivity contribution in [1.29, 1.82) is 0 Å². The van der Waals surface area contributed by atoms with Crippen LogP contribution in [0.15, 0.2) is 16.9 Å². The smallest absolute Gasteiger partial charge is 0.271 e. The van der Waals surface area contributed by atoms with Gasteiger partial charge in [-0.2, -0.15) is 5.10 Å². The number of carbonyl (C=O) groups excluding carboxylic acids is 1. The van der Waals surface area contributed by atoms with Crippen LogP contribution in [0.2, 0.25) is 0 Å². The molecule has 1 aromatic heterocycles. The van der Waals surface area contributed by atoms with E-state index in [1.165, 1.54) is 12.1 Å². The van der Waals surface area contributed by atoms with Crippen LogP contribution in [0.25, 0.3) is 0 Å². The molecular formula is C12H19N3O2. The Morgan fingerprint density at radius 1 is 1.41 bits per heavy atom. The summed E-state index contributed by atoms with van der Waals surface area (Å²) in [5.74, 6) is 0.211. The molecule has 17 heavy (non-hydrogen) atoms. The standard InChI is InChI=1S/C12H19N3O2/c1-4-9(5-2)8(3)13-12(17)10-6-7-11(16)15-14-10/h6-9H,4-5H2,1-3H3,(H,13,17)(H,15,16). The number of rotatable bonds is 5. The number of nitrogens with zero attached hydrogens (tertiary/aromatic N) is 1. The monoisotopic (exact) mass is 237 g/mol. The molecule has 1 amide bonds. The summed E-state index contributed by atoms with van der Waals surface area (Å²) in [7, 11) is 0. The fraction of sp³-hybridized carbons (Fsp3) is 0.583. The van der Waals surface area contributed by atoms with E-state index in [4.69, 9.17) is 0 Å². The number of hydrogen-bond donors (Lipinski definition) is 2. The summed E-state index contributed by atoms with van der Waals surface area (Å²) < 4.78 is 0. The molecule has 0 aliphatic rings. The molecule has 94 valence electrons. The van der Waals surface area contributed by atoms with Gasteiger partial charge in [-0.05, 0) is 18.9 Å². The Morgan fingerprint density at radius 2 is 2.06 bits per heavy atom. The maximum atomic E-state index is 11.8. The first-order valence-corrected chi connectivity index (χ1v) is 5.95. The number of amides is 1. The number of hydrogen-bond acceptors (Lipinski definition) is 3. The third kappa shape index (κ3) is 3.69. The van der Waals surface area contributed by atoms with Gasteiger partial charge in [0.25, 0.3) is 11.5 Å². The zero-order chi connectivity index (χ0) is 12.8. The van der Waals surface area contributed by atoms with Crippen molar-refractivity contribution in [3.8, 4) is 0 Å². The largest absolute Gasteiger partial charge is 0.348 e. The van der Waals surface area contributed by atoms with Crippen LogP contribution in [0.1, 0.15) is 44.1 Å². The summed E-state index contributed by atoms with van der Waals surface area (Å²) in [5, 5.41) is 8.83. The van der Waals surface area contributed by atoms with E-state index in [-0.39, 0.29) is 23.2 Å². The summed E-state index contributed by atoms with van der Waals surface area (Å²) in [4.78, 5) is 22.6. The minimum atomic E-state index is -0.311. The van der Waals surface area contributed by atoms with Crippen molar-refractivity contribution in [2.45, 2.75) is 39.7 Å². The van der Waals surface area contributed by atoms with E-state index in [0.717, 1.165) is 12.8 Å². The summed E-state index contributed by atoms with van der Waals surface area (Å²) in [6.07, 6.45) is 2.05. The van der Waals surface area contributed by atoms with Crippen molar-refractivity contribution in [1.82, 2.24) is 15.5 Å². The van der Waals surface area contributed by atoms with Crippen molar-refractivity contribution >= 4 is 5.91 Å². The highest BCUT2D eigenvalue weighted by Crippen LogP contribution is 2.12. The van der Waals surface area contributed by atoms with Crippen molar-refractivity contribution in [2.24, 2.45) is 5.92 Å². The first-order valence-electron chi connectivity index (χ1n) is 5.95. The molecule has 0 fully saturated rings. The van der Waals surface area contributed by atoms with Crippen molar-refractivity contribution < 1.29 is 4.79 Å². The molecule has 0 saturated heterocycles. The van der Waals surface area contributed by atoms with Crippen LogP contribution in [-0.4, -0.2) is 22.1 Å². The van der Waals surface area contributed by atoms with Gasteiger partial charge in [0.05, 0.1) is 0 Å². The maximum absolute atomic E-state index is 11.8. The second kappa shape index (κ2) is 6.18. The number of H-pyrrole nitrogens is 1. The number of nitrogens with one attached hydrogen (secondary N) is 2. The van der Waals surface area contributed by atoms with Crippen LogP contribution >= 0.6 is 0 Å². The van der Waals surface area contributed by atoms with Gasteiger partial charge in [-0.3, -0.25) is 9.59 Å². The molecule has 0 bridgehead atoms. The fourth-order valence-electron chi connectivity index (χ4n) is 1.87. The van der Waals surface area contributed by atoms with E-state index in [1.54, 1.807) is 0 Å². The van der Waals surface area contributed by atoms with Gasteiger partial charge in [-0.15, -0.1) is 0 Å². The molecule has 1 unspecified atom stereocenters. The van der Waals surface area contributed by atoms with E-state index in [0.29, 0.717) is 5.92 Å². The van der Waals surface area contributed by atoms with Gasteiger partial charge in [0.1, 0.15) is 5.69 Å². The van der Waals surface area contributed by atoms with Crippen LogP contribution in [0.5, 0.6) is 0 Å². The highest BCUT2D eigenvalue weighted by molar-refractivity contribution is 5.92. The van der Waals surface area contributed by atoms with Gasteiger partial charge in [0, 0.05) is 12.1 Å². The van der Waals surface area contributed by atoms with Crippen LogP contribution in [0.3, 0.4) is 0 Å². The van der Waals surface area contributed by atoms with Gasteiger partial charge >= 0.3 is 0 Å². The quantitative estimate of drug-likeness (QED) is 0.811. The Bertz CT molecular complexity index is 404. The first kappa shape index (κ1) is 13.4. The molecule has 1 atom stereocenters. The Morgan fingerprint density at radius 3 is 2.53 bits per heavy atom. The van der Waals surface area contributed by atoms with Crippen LogP contribution in [-0.2, 0) is 0 Å². The van der Waals surface area contributed by atoms with Gasteiger partial charge in [0.2, 0.25) is 0 Å². The zero-order valence-electron chi connectivity index (χ0n) is 10.5. The molecule has 1 aromatic rings. The molecule has 0 spiro atoms. The van der Waals surface area contributed by atoms with Crippen LogP contribution < -0.4 is 10.9 Å². The van der Waals surface area contributed by atoms with E-state index in [2.05, 4.69) is 29.4 Å². The summed E-state index contributed by atoms with van der Waals surface area (Å²) in [6, 6.07) is 2.82. The highest BCUT2D eigenvalue weighted by atomic mass is 16.2. The normalized spacial score (nSPS) is 12.5. The molecule has 5 nitrogen and oxygen atoms in total. The van der Waals surface area contributed by atoms with Gasteiger partial charge in [-0.1, -0.05) is 26.7 Å². The summed E-state index contributed by atoms with van der Waals surface area (Å²) >= 11 is 0. The molecule has 5 heteroatoms. The van der Waals surface area contributed by atoms with Crippen molar-refractivity contribution in [2.75, 3.05) is 0 Å². The third-order valence-corrected chi connectivity index (χ3v) is 3.03. The number of aromatic nitrogens is 2. The highest BCUT2D eigenvalue weighted by Gasteiger charge is 2.17. The molecule has 0 radical (unpaired) electrons. The van der Waals surface area contributed by atoms with E-state index in [9.17, 15) is 9.59 Å². The maximum Gasteiger partial charge on any atom is 0.271 e. The van der Waals surface area contributed by atoms with Crippen LogP contribution in [0, 0.1) is 5.92 Å². The number of aromatic amines is 1. The Labute approximate surface area is 101 Å². The minimum Gasteiger partial charge on any atom is -0.348 e. The lowest BCUT2D eigenvalue weighted by Crippen LogP contribution is -2.38. The second-order valence-electron chi connectivity index (χ2n) is 4.15. The molecule has 1 heterocycles. The molecule has 0 aromatic carbocycles. The summed E-state index contributed by atoms with van der Waals surface area (Å²) in [5.41, 5.74) is -0.0722. The molecule has 1 rings (SSSR count). The Balaban J connectivity index is 2.66. The lowest BCUT2D eigenvalue weighted by atomic mass is 9.95. The first-order chi connectivity index (χ1) is 8.08. The number of carbonyl (C=O) groups is 1. The predicted octanol–water partition coefficient (Wildman–Crippen LogP) is 1.32. The molecule has 2 N–H and O–H groups in total. The minimum absolute atomic E-state index is 0.103. The van der Waals surface area contributed by atoms with E-state index < -0.39 is 0 Å². The lowest BCUT2D eigenvalue weighted by Gasteiger charge is -2.22. The lowest BCUT2D eigenvalue weighted by molar-refractivity contribution is 0.0919. The van der Waals surface area contributed by atoms with Crippen LogP contribution in [0.4, 0.5) is 0 Å². The predicted molar refractivity (Wildman–Crippen MR) is 65.9 cm³/mol. The molecule has 0 saturated carbocycles. The summed E-state index contributed by atoms with van der Waals surface area (Å²) in [6.45, 7) is 6.20. The second-order valence-corrected chi connectivity index (χ2v) is 4.15. The third-order valence-electron chi connectivity index (χ3n) is 3.03. The van der Waals surface area contributed by atoms with Crippen molar-refractivity contribution in [3.05, 3.63) is 28.2 Å². The van der Waals surface area contributed by atoms with E-state index >= 15 is 0 Å². The van der Waals surface area contributed by atoms with Gasteiger partial charge in [0.15, 0.2) is 0 Å². The Kier molecular flexibility index (Phi) is 4.87. The Hall–Kier alpha value is -1.65. The fourth-order valence-corrected chi connectivity index (χ4v) is 1.87. The van der Waals surface area contributed by atoms with Crippen molar-refractivity contribution in [3.63, 3.8) is 0 Å². The SMILES string of the molecule is CCC(CC)C(C)NC(=O)c1ccc(=O)[nH]n1. The zero-order valence-corrected chi connectivity index (χ0v) is 10.5.